The Balaban J connectivity index is 2.90. The molecule has 1 rings (SSSR count). The fourth-order valence-corrected chi connectivity index (χ4v) is 1.60. The number of esters is 2. The second-order valence-corrected chi connectivity index (χ2v) is 4.06. The van der Waals surface area contributed by atoms with Gasteiger partial charge < -0.3 is 19.2 Å². The molecule has 0 saturated carbocycles. The summed E-state index contributed by atoms with van der Waals surface area (Å²) in [6, 6.07) is -1.54. The highest BCUT2D eigenvalue weighted by Crippen LogP contribution is 2.09. The number of amides is 1. The van der Waals surface area contributed by atoms with Gasteiger partial charge in [-0.3, -0.25) is 4.79 Å². The van der Waals surface area contributed by atoms with Gasteiger partial charge in [0.05, 0.1) is 18.9 Å². The predicted octanol–water partition coefficient (Wildman–Crippen LogP) is 0.516. The monoisotopic (exact) mass is 298 g/mol. The topological polar surface area (TPSA) is 108 Å². The first-order chi connectivity index (χ1) is 9.90. The molecule has 0 spiro atoms. The Bertz CT molecular complexity index is 519. The molecule has 8 heteroatoms. The second kappa shape index (κ2) is 7.41. The van der Waals surface area contributed by atoms with Crippen molar-refractivity contribution >= 4 is 17.8 Å². The molecule has 0 atom stereocenters. The number of rotatable bonds is 6. The van der Waals surface area contributed by atoms with E-state index in [1.54, 1.807) is 27.7 Å². The molecular weight excluding hydrogens is 280 g/mol. The molecule has 0 saturated heterocycles. The third kappa shape index (κ3) is 4.30. The lowest BCUT2D eigenvalue weighted by Gasteiger charge is -2.15. The normalized spacial score (nSPS) is 10.3. The molecular formula is C13H18N2O6. The Hall–Kier alpha value is -2.38. The van der Waals surface area contributed by atoms with Crippen molar-refractivity contribution in [3.05, 3.63) is 17.3 Å². The van der Waals surface area contributed by atoms with Crippen molar-refractivity contribution in [3.63, 3.8) is 0 Å². The molecule has 116 valence electrons. The highest BCUT2D eigenvalue weighted by atomic mass is 16.6. The van der Waals surface area contributed by atoms with Crippen molar-refractivity contribution in [2.75, 3.05) is 13.2 Å². The zero-order valence-corrected chi connectivity index (χ0v) is 12.4. The molecule has 1 aromatic heterocycles. The van der Waals surface area contributed by atoms with E-state index in [0.29, 0.717) is 11.6 Å². The summed E-state index contributed by atoms with van der Waals surface area (Å²) in [5.74, 6) is -2.27. The molecule has 8 nitrogen and oxygen atoms in total. The summed E-state index contributed by atoms with van der Waals surface area (Å²) in [7, 11) is 0. The minimum absolute atomic E-state index is 0.0638. The first kappa shape index (κ1) is 16.7. The molecule has 0 bridgehead atoms. The van der Waals surface area contributed by atoms with Crippen LogP contribution in [0.15, 0.2) is 4.42 Å². The lowest BCUT2D eigenvalue weighted by molar-refractivity contribution is -0.157. The van der Waals surface area contributed by atoms with E-state index in [9.17, 15) is 14.4 Å². The first-order valence-electron chi connectivity index (χ1n) is 6.48. The van der Waals surface area contributed by atoms with Gasteiger partial charge in [-0.2, -0.15) is 0 Å². The zero-order chi connectivity index (χ0) is 16.0. The van der Waals surface area contributed by atoms with Crippen LogP contribution in [-0.4, -0.2) is 42.1 Å². The summed E-state index contributed by atoms with van der Waals surface area (Å²) >= 11 is 0. The van der Waals surface area contributed by atoms with Crippen LogP contribution in [-0.2, 0) is 19.1 Å². The summed E-state index contributed by atoms with van der Waals surface area (Å²) in [6.45, 7) is 6.49. The molecule has 1 N–H and O–H groups in total. The largest absolute Gasteiger partial charge is 0.464 e. The molecule has 1 amide bonds. The summed E-state index contributed by atoms with van der Waals surface area (Å²) < 4.78 is 14.6. The van der Waals surface area contributed by atoms with Crippen LogP contribution >= 0.6 is 0 Å². The van der Waals surface area contributed by atoms with Crippen LogP contribution in [0.3, 0.4) is 0 Å². The highest BCUT2D eigenvalue weighted by molar-refractivity contribution is 6.05. The Morgan fingerprint density at radius 1 is 1.14 bits per heavy atom. The van der Waals surface area contributed by atoms with Gasteiger partial charge in [0, 0.05) is 6.92 Å². The number of hydrogen-bond donors (Lipinski definition) is 1. The maximum Gasteiger partial charge on any atom is 0.340 e. The van der Waals surface area contributed by atoms with E-state index in [0.717, 1.165) is 0 Å². The van der Waals surface area contributed by atoms with Crippen LogP contribution in [0.5, 0.6) is 0 Å². The third-order valence-corrected chi connectivity index (χ3v) is 2.43. The van der Waals surface area contributed by atoms with Crippen LogP contribution in [0.2, 0.25) is 0 Å². The molecule has 0 aliphatic carbocycles. The summed E-state index contributed by atoms with van der Waals surface area (Å²) in [6.07, 6.45) is 0. The van der Waals surface area contributed by atoms with Crippen molar-refractivity contribution in [1.82, 2.24) is 10.3 Å². The Labute approximate surface area is 121 Å². The van der Waals surface area contributed by atoms with Crippen molar-refractivity contribution < 1.29 is 28.3 Å². The maximum atomic E-state index is 12.0. The molecule has 1 heterocycles. The van der Waals surface area contributed by atoms with Crippen LogP contribution in [0.25, 0.3) is 0 Å². The van der Waals surface area contributed by atoms with Gasteiger partial charge in [0.2, 0.25) is 11.8 Å². The van der Waals surface area contributed by atoms with E-state index in [4.69, 9.17) is 13.9 Å². The highest BCUT2D eigenvalue weighted by Gasteiger charge is 2.33. The minimum atomic E-state index is -1.54. The van der Waals surface area contributed by atoms with Crippen molar-refractivity contribution in [2.45, 2.75) is 33.7 Å². The molecule has 0 radical (unpaired) electrons. The minimum Gasteiger partial charge on any atom is -0.464 e. The van der Waals surface area contributed by atoms with Crippen LogP contribution in [0, 0.1) is 13.8 Å². The van der Waals surface area contributed by atoms with Crippen molar-refractivity contribution in [2.24, 2.45) is 0 Å². The Morgan fingerprint density at radius 3 is 2.05 bits per heavy atom. The summed E-state index contributed by atoms with van der Waals surface area (Å²) in [5.41, 5.74) is 0.358. The number of aromatic nitrogens is 1. The average molecular weight is 298 g/mol. The number of ether oxygens (including phenoxy) is 2. The third-order valence-electron chi connectivity index (χ3n) is 2.43. The SMILES string of the molecule is CCOC(=O)C(NC(=O)c1oc(C)nc1C)C(=O)OCC. The molecule has 0 aliphatic rings. The predicted molar refractivity (Wildman–Crippen MR) is 70.5 cm³/mol. The first-order valence-corrected chi connectivity index (χ1v) is 6.48. The van der Waals surface area contributed by atoms with Gasteiger partial charge in [-0.25, -0.2) is 14.6 Å². The van der Waals surface area contributed by atoms with Gasteiger partial charge in [0.1, 0.15) is 0 Å². The standard InChI is InChI=1S/C13H18N2O6/c1-5-19-12(17)9(13(18)20-6-2)15-11(16)10-7(3)14-8(4)21-10/h9H,5-6H2,1-4H3,(H,15,16). The van der Waals surface area contributed by atoms with Crippen LogP contribution < -0.4 is 5.32 Å². The van der Waals surface area contributed by atoms with E-state index >= 15 is 0 Å². The molecule has 1 aromatic rings. The molecule has 0 fully saturated rings. The van der Waals surface area contributed by atoms with E-state index in [-0.39, 0.29) is 19.0 Å². The van der Waals surface area contributed by atoms with Gasteiger partial charge in [-0.05, 0) is 20.8 Å². The number of carbonyl (C=O) groups excluding carboxylic acids is 3. The van der Waals surface area contributed by atoms with E-state index < -0.39 is 23.9 Å². The number of oxazole rings is 1. The number of hydrogen-bond acceptors (Lipinski definition) is 7. The number of nitrogens with one attached hydrogen (secondary N) is 1. The Morgan fingerprint density at radius 2 is 1.67 bits per heavy atom. The lowest BCUT2D eigenvalue weighted by atomic mass is 10.2. The smallest absolute Gasteiger partial charge is 0.340 e. The second-order valence-electron chi connectivity index (χ2n) is 4.06. The van der Waals surface area contributed by atoms with E-state index in [2.05, 4.69) is 10.3 Å². The fraction of sp³-hybridized carbons (Fsp3) is 0.538. The Kier molecular flexibility index (Phi) is 5.89. The van der Waals surface area contributed by atoms with Crippen molar-refractivity contribution in [1.29, 1.82) is 0 Å². The number of carbonyl (C=O) groups is 3. The molecule has 0 unspecified atom stereocenters. The number of aryl methyl sites for hydroxylation is 2. The summed E-state index contributed by atoms with van der Waals surface area (Å²) in [5, 5.41) is 2.23. The molecule has 21 heavy (non-hydrogen) atoms. The molecule has 0 aliphatic heterocycles. The van der Waals surface area contributed by atoms with E-state index in [1.807, 2.05) is 0 Å². The number of nitrogens with zero attached hydrogens (tertiary/aromatic N) is 1. The maximum absolute atomic E-state index is 12.0. The average Bonchev–Trinajstić information content (AvgIpc) is 2.75. The van der Waals surface area contributed by atoms with Crippen molar-refractivity contribution in [3.8, 4) is 0 Å². The van der Waals surface area contributed by atoms with Gasteiger partial charge in [-0.15, -0.1) is 0 Å². The van der Waals surface area contributed by atoms with Crippen LogP contribution in [0.1, 0.15) is 36.0 Å². The van der Waals surface area contributed by atoms with Gasteiger partial charge in [-0.1, -0.05) is 0 Å². The quantitative estimate of drug-likeness (QED) is 0.602. The summed E-state index contributed by atoms with van der Waals surface area (Å²) in [4.78, 5) is 39.5. The van der Waals surface area contributed by atoms with E-state index in [1.165, 1.54) is 0 Å². The zero-order valence-electron chi connectivity index (χ0n) is 12.4. The fourth-order valence-electron chi connectivity index (χ4n) is 1.60. The lowest BCUT2D eigenvalue weighted by Crippen LogP contribution is -2.48. The van der Waals surface area contributed by atoms with Gasteiger partial charge in [0.25, 0.3) is 5.91 Å². The van der Waals surface area contributed by atoms with Crippen LogP contribution in [0.4, 0.5) is 0 Å². The van der Waals surface area contributed by atoms with Gasteiger partial charge in [0.15, 0.2) is 5.89 Å². The molecule has 0 aromatic carbocycles. The van der Waals surface area contributed by atoms with Gasteiger partial charge >= 0.3 is 11.9 Å².